The first kappa shape index (κ1) is 11.3. The van der Waals surface area contributed by atoms with Crippen LogP contribution in [0.1, 0.15) is 30.5 Å². The van der Waals surface area contributed by atoms with E-state index in [1.807, 2.05) is 6.07 Å². The normalized spacial score (nSPS) is 20.4. The van der Waals surface area contributed by atoms with Crippen LogP contribution in [0.3, 0.4) is 0 Å². The smallest absolute Gasteiger partial charge is 0.387 e. The lowest BCUT2D eigenvalue weighted by molar-refractivity contribution is -0.0498. The Morgan fingerprint density at radius 1 is 1.44 bits per heavy atom. The van der Waals surface area contributed by atoms with Crippen LogP contribution in [0.4, 0.5) is 8.78 Å². The van der Waals surface area contributed by atoms with Crippen molar-refractivity contribution in [2.24, 2.45) is 0 Å². The fourth-order valence-electron chi connectivity index (χ4n) is 2.10. The van der Waals surface area contributed by atoms with Gasteiger partial charge in [0, 0.05) is 6.04 Å². The van der Waals surface area contributed by atoms with Crippen LogP contribution in [0.5, 0.6) is 5.75 Å². The lowest BCUT2D eigenvalue weighted by Crippen LogP contribution is -2.17. The third-order valence-electron chi connectivity index (χ3n) is 2.88. The van der Waals surface area contributed by atoms with Gasteiger partial charge in [-0.25, -0.2) is 0 Å². The predicted octanol–water partition coefficient (Wildman–Crippen LogP) is 2.88. The number of fused-ring (bicyclic) bond motifs is 1. The van der Waals surface area contributed by atoms with E-state index in [-0.39, 0.29) is 11.8 Å². The first-order valence-electron chi connectivity index (χ1n) is 5.48. The largest absolute Gasteiger partial charge is 0.435 e. The molecule has 1 aromatic rings. The van der Waals surface area contributed by atoms with Crippen LogP contribution in [0.25, 0.3) is 0 Å². The van der Waals surface area contributed by atoms with E-state index in [9.17, 15) is 8.78 Å². The Labute approximate surface area is 93.6 Å². The van der Waals surface area contributed by atoms with Crippen molar-refractivity contribution in [2.45, 2.75) is 32.4 Å². The average Bonchev–Trinajstić information content (AvgIpc) is 2.40. The van der Waals surface area contributed by atoms with E-state index in [1.54, 1.807) is 12.1 Å². The van der Waals surface area contributed by atoms with E-state index >= 15 is 0 Å². The number of rotatable bonds is 2. The van der Waals surface area contributed by atoms with E-state index in [0.29, 0.717) is 0 Å². The van der Waals surface area contributed by atoms with Crippen LogP contribution in [0.15, 0.2) is 18.2 Å². The summed E-state index contributed by atoms with van der Waals surface area (Å²) in [4.78, 5) is 0. The van der Waals surface area contributed by atoms with Gasteiger partial charge in [0.05, 0.1) is 0 Å². The molecule has 0 amide bonds. The second kappa shape index (κ2) is 4.78. The van der Waals surface area contributed by atoms with E-state index in [4.69, 9.17) is 0 Å². The quantitative estimate of drug-likeness (QED) is 0.838. The molecule has 0 unspecified atom stereocenters. The highest BCUT2D eigenvalue weighted by Gasteiger charge is 2.15. The van der Waals surface area contributed by atoms with Gasteiger partial charge in [0.2, 0.25) is 0 Å². The van der Waals surface area contributed by atoms with Gasteiger partial charge in [-0.05, 0) is 49.6 Å². The topological polar surface area (TPSA) is 21.3 Å². The molecule has 0 spiro atoms. The molecule has 0 bridgehead atoms. The summed E-state index contributed by atoms with van der Waals surface area (Å²) in [7, 11) is 0. The minimum atomic E-state index is -2.75. The Morgan fingerprint density at radius 2 is 2.25 bits per heavy atom. The summed E-state index contributed by atoms with van der Waals surface area (Å²) < 4.78 is 28.6. The van der Waals surface area contributed by atoms with Crippen LogP contribution in [0.2, 0.25) is 0 Å². The summed E-state index contributed by atoms with van der Waals surface area (Å²) in [6.07, 6.45) is 1.93. The summed E-state index contributed by atoms with van der Waals surface area (Å²) in [6.45, 7) is 0.290. The third kappa shape index (κ3) is 2.50. The third-order valence-corrected chi connectivity index (χ3v) is 2.88. The number of hydrogen-bond donors (Lipinski definition) is 1. The molecule has 0 fully saturated rings. The average molecular weight is 227 g/mol. The van der Waals surface area contributed by atoms with Gasteiger partial charge in [-0.1, -0.05) is 6.07 Å². The second-order valence-electron chi connectivity index (χ2n) is 4.02. The molecule has 0 radical (unpaired) electrons. The Kier molecular flexibility index (Phi) is 3.39. The van der Waals surface area contributed by atoms with Gasteiger partial charge in [-0.2, -0.15) is 8.78 Å². The zero-order valence-corrected chi connectivity index (χ0v) is 9.17. The van der Waals surface area contributed by atoms with Crippen molar-refractivity contribution in [2.75, 3.05) is 6.54 Å². The number of halogens is 2. The molecule has 0 saturated heterocycles. The summed E-state index contributed by atoms with van der Waals surface area (Å²) in [6, 6.07) is 5.48. The van der Waals surface area contributed by atoms with Crippen molar-refractivity contribution >= 4 is 0 Å². The molecule has 0 aromatic heterocycles. The molecule has 1 aliphatic heterocycles. The molecule has 88 valence electrons. The number of alkyl halides is 2. The Morgan fingerprint density at radius 3 is 3.00 bits per heavy atom. The first-order chi connectivity index (χ1) is 7.66. The molecule has 1 heterocycles. The molecule has 1 atom stereocenters. The van der Waals surface area contributed by atoms with E-state index in [0.717, 1.165) is 24.9 Å². The fourth-order valence-corrected chi connectivity index (χ4v) is 2.10. The minimum Gasteiger partial charge on any atom is -0.435 e. The van der Waals surface area contributed by atoms with Gasteiger partial charge in [-0.15, -0.1) is 0 Å². The summed E-state index contributed by atoms with van der Waals surface area (Å²) in [5.41, 5.74) is 2.29. The highest BCUT2D eigenvalue weighted by molar-refractivity contribution is 5.38. The van der Waals surface area contributed by atoms with Crippen molar-refractivity contribution < 1.29 is 13.5 Å². The number of hydrogen-bond acceptors (Lipinski definition) is 2. The zero-order valence-electron chi connectivity index (χ0n) is 9.17. The Hall–Kier alpha value is -1.16. The van der Waals surface area contributed by atoms with Gasteiger partial charge in [0.15, 0.2) is 0 Å². The van der Waals surface area contributed by atoms with Crippen LogP contribution >= 0.6 is 0 Å². The molecule has 1 aliphatic rings. The summed E-state index contributed by atoms with van der Waals surface area (Å²) >= 11 is 0. The molecule has 4 heteroatoms. The zero-order chi connectivity index (χ0) is 11.5. The lowest BCUT2D eigenvalue weighted by Gasteiger charge is -2.14. The molecular weight excluding hydrogens is 212 g/mol. The van der Waals surface area contributed by atoms with Gasteiger partial charge < -0.3 is 10.1 Å². The Bertz CT molecular complexity index is 368. The lowest BCUT2D eigenvalue weighted by atomic mass is 9.99. The maximum absolute atomic E-state index is 12.1. The van der Waals surface area contributed by atoms with Crippen LogP contribution in [-0.4, -0.2) is 13.2 Å². The van der Waals surface area contributed by atoms with Crippen molar-refractivity contribution in [1.29, 1.82) is 0 Å². The number of ether oxygens (including phenoxy) is 1. The maximum Gasteiger partial charge on any atom is 0.387 e. The molecule has 2 rings (SSSR count). The van der Waals surface area contributed by atoms with Crippen molar-refractivity contribution in [3.8, 4) is 5.75 Å². The van der Waals surface area contributed by atoms with Crippen LogP contribution in [-0.2, 0) is 6.42 Å². The first-order valence-corrected chi connectivity index (χ1v) is 5.48. The molecule has 2 nitrogen and oxygen atoms in total. The molecular formula is C12H15F2NO. The number of aryl methyl sites for hydroxylation is 1. The van der Waals surface area contributed by atoms with Gasteiger partial charge in [0.25, 0.3) is 0 Å². The van der Waals surface area contributed by atoms with Gasteiger partial charge in [-0.3, -0.25) is 0 Å². The predicted molar refractivity (Wildman–Crippen MR) is 57.8 cm³/mol. The van der Waals surface area contributed by atoms with Crippen molar-refractivity contribution in [3.05, 3.63) is 29.3 Å². The van der Waals surface area contributed by atoms with E-state index in [2.05, 4.69) is 17.0 Å². The second-order valence-corrected chi connectivity index (χ2v) is 4.02. The van der Waals surface area contributed by atoms with E-state index in [1.165, 1.54) is 5.56 Å². The van der Waals surface area contributed by atoms with Crippen LogP contribution < -0.4 is 10.1 Å². The standard InChI is InChI=1S/C12H15F2NO/c1-8-11-5-4-10(16-12(13)14)7-9(11)3-2-6-15-8/h4-5,7-8,12,15H,2-3,6H2,1H3/t8-/m1/s1. The van der Waals surface area contributed by atoms with Crippen molar-refractivity contribution in [3.63, 3.8) is 0 Å². The molecule has 0 saturated carbocycles. The maximum atomic E-state index is 12.1. The fraction of sp³-hybridized carbons (Fsp3) is 0.500. The van der Waals surface area contributed by atoms with Crippen molar-refractivity contribution in [1.82, 2.24) is 5.32 Å². The number of nitrogens with one attached hydrogen (secondary N) is 1. The monoisotopic (exact) mass is 227 g/mol. The molecule has 16 heavy (non-hydrogen) atoms. The van der Waals surface area contributed by atoms with Gasteiger partial charge >= 0.3 is 6.61 Å². The number of benzene rings is 1. The van der Waals surface area contributed by atoms with E-state index < -0.39 is 6.61 Å². The highest BCUT2D eigenvalue weighted by atomic mass is 19.3. The SMILES string of the molecule is C[C@H]1NCCCc2cc(OC(F)F)ccc21. The summed E-state index contributed by atoms with van der Waals surface area (Å²) in [5.74, 6) is 0.253. The highest BCUT2D eigenvalue weighted by Crippen LogP contribution is 2.27. The summed E-state index contributed by atoms with van der Waals surface area (Å²) in [5, 5.41) is 3.37. The molecule has 0 aliphatic carbocycles. The van der Waals surface area contributed by atoms with Gasteiger partial charge in [0.1, 0.15) is 5.75 Å². The molecule has 1 aromatic carbocycles. The molecule has 1 N–H and O–H groups in total. The Balaban J connectivity index is 2.26. The van der Waals surface area contributed by atoms with Crippen LogP contribution in [0, 0.1) is 0 Å². The minimum absolute atomic E-state index is 0.253.